The lowest BCUT2D eigenvalue weighted by Crippen LogP contribution is -2.52. The number of guanidine groups is 1. The van der Waals surface area contributed by atoms with Crippen LogP contribution in [0.5, 0.6) is 0 Å². The van der Waals surface area contributed by atoms with E-state index in [-0.39, 0.29) is 0 Å². The maximum absolute atomic E-state index is 5.49. The van der Waals surface area contributed by atoms with E-state index in [1.807, 2.05) is 31.4 Å². The van der Waals surface area contributed by atoms with Crippen LogP contribution in [0.25, 0.3) is 5.65 Å². The molecular formula is C20H32N6O. The van der Waals surface area contributed by atoms with Crippen LogP contribution in [0.2, 0.25) is 0 Å². The summed E-state index contributed by atoms with van der Waals surface area (Å²) in [5.74, 6) is 1.42. The van der Waals surface area contributed by atoms with E-state index in [1.54, 1.807) is 0 Å². The van der Waals surface area contributed by atoms with E-state index in [2.05, 4.69) is 50.0 Å². The van der Waals surface area contributed by atoms with Gasteiger partial charge in [0.1, 0.15) is 5.65 Å². The number of imidazole rings is 1. The van der Waals surface area contributed by atoms with E-state index >= 15 is 0 Å². The number of nitrogens with one attached hydrogen (secondary N) is 2. The maximum atomic E-state index is 5.49. The first-order valence-corrected chi connectivity index (χ1v) is 9.86. The van der Waals surface area contributed by atoms with Gasteiger partial charge < -0.3 is 19.8 Å². The highest BCUT2D eigenvalue weighted by molar-refractivity contribution is 5.79. The zero-order chi connectivity index (χ0) is 19.1. The second-order valence-corrected chi connectivity index (χ2v) is 7.29. The molecule has 0 aromatic carbocycles. The van der Waals surface area contributed by atoms with Crippen LogP contribution in [-0.4, -0.2) is 72.7 Å². The van der Waals surface area contributed by atoms with Crippen molar-refractivity contribution in [3.63, 3.8) is 0 Å². The minimum Gasteiger partial charge on any atom is -0.379 e. The highest BCUT2D eigenvalue weighted by atomic mass is 16.5. The van der Waals surface area contributed by atoms with Crippen molar-refractivity contribution in [3.05, 3.63) is 36.3 Å². The molecule has 7 nitrogen and oxygen atoms in total. The van der Waals surface area contributed by atoms with Gasteiger partial charge in [0.05, 0.1) is 18.9 Å². The van der Waals surface area contributed by atoms with Crippen molar-refractivity contribution in [3.8, 4) is 0 Å². The van der Waals surface area contributed by atoms with Gasteiger partial charge in [0.2, 0.25) is 0 Å². The molecule has 1 aliphatic heterocycles. The fourth-order valence-electron chi connectivity index (χ4n) is 3.53. The summed E-state index contributed by atoms with van der Waals surface area (Å²) in [6.45, 7) is 9.90. The fraction of sp³-hybridized carbons (Fsp3) is 0.600. The number of aliphatic imine (C=N–C) groups is 1. The molecule has 0 amide bonds. The van der Waals surface area contributed by atoms with Gasteiger partial charge in [-0.2, -0.15) is 0 Å². The molecule has 3 rings (SSSR count). The standard InChI is InChI=1S/C20H32N6O/c1-16(2)18(25-10-12-27-13-11-25)14-23-20(21-3)22-8-7-17-15-26-9-5-4-6-19(26)24-17/h4-6,9,15-16,18H,7-8,10-14H2,1-3H3,(H2,21,22,23). The van der Waals surface area contributed by atoms with E-state index in [9.17, 15) is 0 Å². The Morgan fingerprint density at radius 1 is 1.26 bits per heavy atom. The molecule has 2 aromatic heterocycles. The number of ether oxygens (including phenoxy) is 1. The average Bonchev–Trinajstić information content (AvgIpc) is 3.10. The molecule has 0 saturated carbocycles. The van der Waals surface area contributed by atoms with Crippen molar-refractivity contribution in [2.45, 2.75) is 26.3 Å². The van der Waals surface area contributed by atoms with Gasteiger partial charge in [-0.15, -0.1) is 0 Å². The number of fused-ring (bicyclic) bond motifs is 1. The summed E-state index contributed by atoms with van der Waals surface area (Å²) in [7, 11) is 1.82. The molecule has 7 heteroatoms. The minimum atomic E-state index is 0.478. The van der Waals surface area contributed by atoms with Crippen LogP contribution in [0.15, 0.2) is 35.6 Å². The molecule has 1 unspecified atom stereocenters. The van der Waals surface area contributed by atoms with Gasteiger partial charge in [-0.1, -0.05) is 19.9 Å². The summed E-state index contributed by atoms with van der Waals surface area (Å²) in [4.78, 5) is 11.5. The summed E-state index contributed by atoms with van der Waals surface area (Å²) in [5.41, 5.74) is 2.07. The van der Waals surface area contributed by atoms with Crippen molar-refractivity contribution in [1.82, 2.24) is 24.9 Å². The molecule has 1 atom stereocenters. The molecule has 0 aliphatic carbocycles. The molecule has 1 aliphatic rings. The van der Waals surface area contributed by atoms with Gasteiger partial charge in [-0.05, 0) is 18.1 Å². The molecule has 0 bridgehead atoms. The molecule has 0 radical (unpaired) electrons. The van der Waals surface area contributed by atoms with Crippen molar-refractivity contribution in [1.29, 1.82) is 0 Å². The number of hydrogen-bond acceptors (Lipinski definition) is 4. The molecule has 1 saturated heterocycles. The Labute approximate surface area is 161 Å². The highest BCUT2D eigenvalue weighted by Gasteiger charge is 2.23. The molecule has 2 aromatic rings. The zero-order valence-corrected chi connectivity index (χ0v) is 16.7. The van der Waals surface area contributed by atoms with Crippen molar-refractivity contribution >= 4 is 11.6 Å². The van der Waals surface area contributed by atoms with Crippen molar-refractivity contribution in [2.24, 2.45) is 10.9 Å². The molecule has 3 heterocycles. The van der Waals surface area contributed by atoms with Gasteiger partial charge in [-0.25, -0.2) is 4.98 Å². The first kappa shape index (κ1) is 19.6. The molecule has 0 spiro atoms. The Morgan fingerprint density at radius 2 is 2.07 bits per heavy atom. The Kier molecular flexibility index (Phi) is 7.06. The Hall–Kier alpha value is -2.12. The van der Waals surface area contributed by atoms with E-state index < -0.39 is 0 Å². The van der Waals surface area contributed by atoms with Crippen molar-refractivity contribution in [2.75, 3.05) is 46.4 Å². The second kappa shape index (κ2) is 9.71. The average molecular weight is 373 g/mol. The van der Waals surface area contributed by atoms with E-state index in [1.165, 1.54) is 0 Å². The van der Waals surface area contributed by atoms with Crippen LogP contribution in [-0.2, 0) is 11.2 Å². The number of nitrogens with zero attached hydrogens (tertiary/aromatic N) is 4. The topological polar surface area (TPSA) is 66.2 Å². The molecule has 2 N–H and O–H groups in total. The third-order valence-corrected chi connectivity index (χ3v) is 5.07. The van der Waals surface area contributed by atoms with Gasteiger partial charge in [0, 0.05) is 58.1 Å². The summed E-state index contributed by atoms with van der Waals surface area (Å²) in [6.07, 6.45) is 4.97. The van der Waals surface area contributed by atoms with Crippen molar-refractivity contribution < 1.29 is 4.74 Å². The predicted molar refractivity (Wildman–Crippen MR) is 109 cm³/mol. The zero-order valence-electron chi connectivity index (χ0n) is 16.7. The molecule has 148 valence electrons. The quantitative estimate of drug-likeness (QED) is 0.568. The van der Waals surface area contributed by atoms with Crippen LogP contribution in [0.4, 0.5) is 0 Å². The van der Waals surface area contributed by atoms with Gasteiger partial charge in [-0.3, -0.25) is 9.89 Å². The third-order valence-electron chi connectivity index (χ3n) is 5.07. The van der Waals surface area contributed by atoms with Crippen LogP contribution in [0, 0.1) is 5.92 Å². The lowest BCUT2D eigenvalue weighted by molar-refractivity contribution is 0.00752. The third kappa shape index (κ3) is 5.43. The maximum Gasteiger partial charge on any atom is 0.191 e. The normalized spacial score (nSPS) is 17.4. The van der Waals surface area contributed by atoms with Gasteiger partial charge in [0.15, 0.2) is 5.96 Å². The first-order chi connectivity index (χ1) is 13.2. The number of aromatic nitrogens is 2. The summed E-state index contributed by atoms with van der Waals surface area (Å²) < 4.78 is 7.54. The van der Waals surface area contributed by atoms with Crippen LogP contribution < -0.4 is 10.6 Å². The van der Waals surface area contributed by atoms with E-state index in [0.29, 0.717) is 12.0 Å². The highest BCUT2D eigenvalue weighted by Crippen LogP contribution is 2.12. The smallest absolute Gasteiger partial charge is 0.191 e. The first-order valence-electron chi connectivity index (χ1n) is 9.86. The van der Waals surface area contributed by atoms with E-state index in [0.717, 1.165) is 63.1 Å². The van der Waals surface area contributed by atoms with Crippen LogP contribution in [0.3, 0.4) is 0 Å². The Balaban J connectivity index is 1.46. The lowest BCUT2D eigenvalue weighted by Gasteiger charge is -2.37. The number of hydrogen-bond donors (Lipinski definition) is 2. The SMILES string of the molecule is CN=C(NCCc1cn2ccccc2n1)NCC(C(C)C)N1CCOCC1. The van der Waals surface area contributed by atoms with Gasteiger partial charge in [0.25, 0.3) is 0 Å². The monoisotopic (exact) mass is 372 g/mol. The summed E-state index contributed by atoms with van der Waals surface area (Å²) in [6, 6.07) is 6.53. The largest absolute Gasteiger partial charge is 0.379 e. The van der Waals surface area contributed by atoms with E-state index in [4.69, 9.17) is 4.74 Å². The number of rotatable bonds is 7. The molecule has 1 fully saturated rings. The lowest BCUT2D eigenvalue weighted by atomic mass is 10.0. The summed E-state index contributed by atoms with van der Waals surface area (Å²) in [5, 5.41) is 6.90. The minimum absolute atomic E-state index is 0.478. The summed E-state index contributed by atoms with van der Waals surface area (Å²) >= 11 is 0. The Bertz CT molecular complexity index is 702. The Morgan fingerprint density at radius 3 is 2.78 bits per heavy atom. The number of morpholine rings is 1. The molecule has 27 heavy (non-hydrogen) atoms. The van der Waals surface area contributed by atoms with Crippen LogP contribution >= 0.6 is 0 Å². The predicted octanol–water partition coefficient (Wildman–Crippen LogP) is 1.40. The van der Waals surface area contributed by atoms with Gasteiger partial charge >= 0.3 is 0 Å². The molecular weight excluding hydrogens is 340 g/mol. The number of pyridine rings is 1. The fourth-order valence-corrected chi connectivity index (χ4v) is 3.53. The second-order valence-electron chi connectivity index (χ2n) is 7.29. The van der Waals surface area contributed by atoms with Crippen LogP contribution in [0.1, 0.15) is 19.5 Å².